The van der Waals surface area contributed by atoms with E-state index in [4.69, 9.17) is 15.2 Å². The van der Waals surface area contributed by atoms with Gasteiger partial charge in [0.25, 0.3) is 0 Å². The first kappa shape index (κ1) is 16.6. The van der Waals surface area contributed by atoms with Gasteiger partial charge in [0.05, 0.1) is 12.3 Å². The number of nitrogens with two attached hydrogens (primary N) is 1. The molecule has 0 saturated carbocycles. The maximum Gasteiger partial charge on any atom is 0.239 e. The summed E-state index contributed by atoms with van der Waals surface area (Å²) >= 11 is 0. The van der Waals surface area contributed by atoms with Gasteiger partial charge < -0.3 is 20.5 Å². The van der Waals surface area contributed by atoms with Gasteiger partial charge in [0, 0.05) is 20.3 Å². The van der Waals surface area contributed by atoms with E-state index in [-0.39, 0.29) is 0 Å². The summed E-state index contributed by atoms with van der Waals surface area (Å²) in [7, 11) is 1.73. The Hall–Kier alpha value is -1.49. The van der Waals surface area contributed by atoms with Crippen LogP contribution in [0.15, 0.2) is 12.1 Å². The first-order valence-electron chi connectivity index (χ1n) is 7.25. The second kappa shape index (κ2) is 9.42. The number of methoxy groups -OCH3 is 1. The van der Waals surface area contributed by atoms with Crippen molar-refractivity contribution in [3.8, 4) is 5.88 Å². The van der Waals surface area contributed by atoms with E-state index in [0.717, 1.165) is 38.2 Å². The highest BCUT2D eigenvalue weighted by Gasteiger charge is 2.05. The number of ether oxygens (including phenoxy) is 2. The molecular weight excluding hydrogens is 254 g/mol. The zero-order chi connectivity index (χ0) is 14.8. The number of anilines is 2. The number of nitrogen functional groups attached to an aromatic ring is 1. The molecule has 0 amide bonds. The quantitative estimate of drug-likeness (QED) is 0.645. The standard InChI is InChI=1S/C15H27N3O2/c1-12(2)11-20-15-13(16)7-8-14(18-15)17-9-5-4-6-10-19-3/h7-8,12H,4-6,9-11,16H2,1-3H3,(H,17,18). The Morgan fingerprint density at radius 3 is 2.75 bits per heavy atom. The molecule has 0 aliphatic rings. The second-order valence-corrected chi connectivity index (χ2v) is 5.28. The lowest BCUT2D eigenvalue weighted by Gasteiger charge is -2.12. The van der Waals surface area contributed by atoms with Crippen molar-refractivity contribution in [1.82, 2.24) is 4.98 Å². The van der Waals surface area contributed by atoms with Crippen LogP contribution in [0.5, 0.6) is 5.88 Å². The Labute approximate surface area is 121 Å². The highest BCUT2D eigenvalue weighted by molar-refractivity contribution is 5.53. The SMILES string of the molecule is COCCCCCNc1ccc(N)c(OCC(C)C)n1. The van der Waals surface area contributed by atoms with E-state index >= 15 is 0 Å². The number of nitrogens with one attached hydrogen (secondary N) is 1. The summed E-state index contributed by atoms with van der Waals surface area (Å²) in [6.07, 6.45) is 3.33. The van der Waals surface area contributed by atoms with Crippen molar-refractivity contribution in [3.05, 3.63) is 12.1 Å². The number of nitrogens with zero attached hydrogens (tertiary/aromatic N) is 1. The predicted molar refractivity (Wildman–Crippen MR) is 83.2 cm³/mol. The fraction of sp³-hybridized carbons (Fsp3) is 0.667. The lowest BCUT2D eigenvalue weighted by molar-refractivity contribution is 0.192. The molecule has 0 aliphatic heterocycles. The van der Waals surface area contributed by atoms with E-state index in [1.165, 1.54) is 0 Å². The molecule has 0 radical (unpaired) electrons. The fourth-order valence-electron chi connectivity index (χ4n) is 1.68. The first-order valence-corrected chi connectivity index (χ1v) is 7.25. The number of pyridine rings is 1. The minimum Gasteiger partial charge on any atom is -0.476 e. The van der Waals surface area contributed by atoms with Gasteiger partial charge in [-0.1, -0.05) is 13.8 Å². The minimum atomic E-state index is 0.452. The Morgan fingerprint density at radius 2 is 2.05 bits per heavy atom. The van der Waals surface area contributed by atoms with E-state index in [9.17, 15) is 0 Å². The van der Waals surface area contributed by atoms with Gasteiger partial charge in [-0.3, -0.25) is 0 Å². The molecule has 0 spiro atoms. The summed E-state index contributed by atoms with van der Waals surface area (Å²) in [4.78, 5) is 4.40. The molecule has 5 nitrogen and oxygen atoms in total. The smallest absolute Gasteiger partial charge is 0.239 e. The number of hydrogen-bond acceptors (Lipinski definition) is 5. The molecule has 20 heavy (non-hydrogen) atoms. The third-order valence-electron chi connectivity index (χ3n) is 2.77. The van der Waals surface area contributed by atoms with Gasteiger partial charge in [0.1, 0.15) is 5.82 Å². The molecule has 0 aromatic carbocycles. The third-order valence-corrected chi connectivity index (χ3v) is 2.77. The molecule has 5 heteroatoms. The molecule has 1 aromatic heterocycles. The molecule has 0 aliphatic carbocycles. The molecule has 0 fully saturated rings. The molecule has 0 saturated heterocycles. The van der Waals surface area contributed by atoms with E-state index in [2.05, 4.69) is 24.1 Å². The summed E-state index contributed by atoms with van der Waals surface area (Å²) in [5.41, 5.74) is 6.44. The van der Waals surface area contributed by atoms with Crippen LogP contribution >= 0.6 is 0 Å². The maximum atomic E-state index is 5.86. The molecule has 1 aromatic rings. The van der Waals surface area contributed by atoms with Crippen LogP contribution in [-0.4, -0.2) is 31.9 Å². The van der Waals surface area contributed by atoms with Crippen LogP contribution < -0.4 is 15.8 Å². The summed E-state index contributed by atoms with van der Waals surface area (Å²) in [5, 5.41) is 3.29. The number of unbranched alkanes of at least 4 members (excludes halogenated alkanes) is 2. The summed E-state index contributed by atoms with van der Waals surface area (Å²) in [5.74, 6) is 1.78. The molecule has 114 valence electrons. The Balaban J connectivity index is 2.36. The van der Waals surface area contributed by atoms with Crippen LogP contribution in [0.4, 0.5) is 11.5 Å². The average Bonchev–Trinajstić information content (AvgIpc) is 2.42. The van der Waals surface area contributed by atoms with Crippen LogP contribution in [0, 0.1) is 5.92 Å². The zero-order valence-corrected chi connectivity index (χ0v) is 12.8. The van der Waals surface area contributed by atoms with Crippen molar-refractivity contribution in [2.75, 3.05) is 37.9 Å². The third kappa shape index (κ3) is 6.61. The number of rotatable bonds is 10. The number of hydrogen-bond donors (Lipinski definition) is 2. The predicted octanol–water partition coefficient (Wildman–Crippen LogP) is 2.93. The Bertz CT molecular complexity index is 383. The highest BCUT2D eigenvalue weighted by atomic mass is 16.5. The van der Waals surface area contributed by atoms with Gasteiger partial charge in [-0.15, -0.1) is 0 Å². The number of aromatic nitrogens is 1. The molecule has 0 unspecified atom stereocenters. The Kier molecular flexibility index (Phi) is 7.80. The molecular formula is C15H27N3O2. The van der Waals surface area contributed by atoms with Crippen molar-refractivity contribution >= 4 is 11.5 Å². The van der Waals surface area contributed by atoms with Gasteiger partial charge in [0.2, 0.25) is 5.88 Å². The van der Waals surface area contributed by atoms with E-state index in [1.807, 2.05) is 12.1 Å². The summed E-state index contributed by atoms with van der Waals surface area (Å²) in [6.45, 7) is 6.53. The van der Waals surface area contributed by atoms with Gasteiger partial charge in [-0.25, -0.2) is 0 Å². The van der Waals surface area contributed by atoms with Crippen molar-refractivity contribution in [3.63, 3.8) is 0 Å². The van der Waals surface area contributed by atoms with Crippen LogP contribution in [0.2, 0.25) is 0 Å². The summed E-state index contributed by atoms with van der Waals surface area (Å²) < 4.78 is 10.6. The zero-order valence-electron chi connectivity index (χ0n) is 12.8. The lowest BCUT2D eigenvalue weighted by Crippen LogP contribution is -2.09. The van der Waals surface area contributed by atoms with Crippen LogP contribution in [0.25, 0.3) is 0 Å². The molecule has 1 rings (SSSR count). The van der Waals surface area contributed by atoms with E-state index in [0.29, 0.717) is 24.1 Å². The van der Waals surface area contributed by atoms with Crippen molar-refractivity contribution < 1.29 is 9.47 Å². The van der Waals surface area contributed by atoms with E-state index < -0.39 is 0 Å². The van der Waals surface area contributed by atoms with Crippen LogP contribution in [0.1, 0.15) is 33.1 Å². The van der Waals surface area contributed by atoms with Crippen LogP contribution in [-0.2, 0) is 4.74 Å². The average molecular weight is 281 g/mol. The molecule has 0 bridgehead atoms. The molecule has 3 N–H and O–H groups in total. The van der Waals surface area contributed by atoms with Crippen molar-refractivity contribution in [2.24, 2.45) is 5.92 Å². The van der Waals surface area contributed by atoms with Crippen molar-refractivity contribution in [2.45, 2.75) is 33.1 Å². The van der Waals surface area contributed by atoms with Gasteiger partial charge in [-0.2, -0.15) is 4.98 Å². The highest BCUT2D eigenvalue weighted by Crippen LogP contribution is 2.21. The maximum absolute atomic E-state index is 5.86. The van der Waals surface area contributed by atoms with Crippen LogP contribution in [0.3, 0.4) is 0 Å². The van der Waals surface area contributed by atoms with Crippen molar-refractivity contribution in [1.29, 1.82) is 0 Å². The minimum absolute atomic E-state index is 0.452. The van der Waals surface area contributed by atoms with E-state index in [1.54, 1.807) is 7.11 Å². The van der Waals surface area contributed by atoms with Gasteiger partial charge >= 0.3 is 0 Å². The molecule has 1 heterocycles. The topological polar surface area (TPSA) is 69.4 Å². The Morgan fingerprint density at radius 1 is 1.25 bits per heavy atom. The largest absolute Gasteiger partial charge is 0.476 e. The monoisotopic (exact) mass is 281 g/mol. The molecule has 0 atom stereocenters. The second-order valence-electron chi connectivity index (χ2n) is 5.28. The first-order chi connectivity index (χ1) is 9.63. The normalized spacial score (nSPS) is 10.8. The lowest BCUT2D eigenvalue weighted by atomic mass is 10.2. The van der Waals surface area contributed by atoms with Gasteiger partial charge in [-0.05, 0) is 37.3 Å². The fourth-order valence-corrected chi connectivity index (χ4v) is 1.68. The van der Waals surface area contributed by atoms with Gasteiger partial charge in [0.15, 0.2) is 0 Å². The summed E-state index contributed by atoms with van der Waals surface area (Å²) in [6, 6.07) is 3.71.